The van der Waals surface area contributed by atoms with E-state index in [1.54, 1.807) is 0 Å². The number of carbonyl (C=O) groups excluding carboxylic acids is 3. The maximum Gasteiger partial charge on any atom is 0.322 e. The molecule has 0 bridgehead atoms. The van der Waals surface area contributed by atoms with E-state index < -0.39 is 18.2 Å². The second-order valence-corrected chi connectivity index (χ2v) is 20.6. The van der Waals surface area contributed by atoms with Gasteiger partial charge in [0.15, 0.2) is 0 Å². The Morgan fingerprint density at radius 3 is 1.77 bits per heavy atom. The summed E-state index contributed by atoms with van der Waals surface area (Å²) < 4.78 is 11.3. The Morgan fingerprint density at radius 2 is 1.11 bits per heavy atom. The van der Waals surface area contributed by atoms with Gasteiger partial charge in [-0.1, -0.05) is 149 Å². The number of rotatable bonds is 25. The van der Waals surface area contributed by atoms with Gasteiger partial charge in [-0.25, -0.2) is 0 Å². The van der Waals surface area contributed by atoms with Gasteiger partial charge in [0.2, 0.25) is 39.8 Å². The molecule has 8 aromatic rings. The maximum absolute atomic E-state index is 13.8. The molecular formula is C54H58N12O7S2. The Balaban J connectivity index is 0.698. The van der Waals surface area contributed by atoms with Crippen LogP contribution in [0.5, 0.6) is 0 Å². The molecule has 1 aliphatic carbocycles. The molecule has 1 aliphatic rings. The number of anilines is 4. The van der Waals surface area contributed by atoms with Crippen molar-refractivity contribution in [1.29, 1.82) is 0 Å². The average molecular weight is 1050 g/mol. The lowest BCUT2D eigenvalue weighted by atomic mass is 9.74. The predicted molar refractivity (Wildman–Crippen MR) is 283 cm³/mol. The lowest BCUT2D eigenvalue weighted by molar-refractivity contribution is -0.124. The van der Waals surface area contributed by atoms with Crippen LogP contribution in [0.3, 0.4) is 0 Å². The molecule has 3 amide bonds. The van der Waals surface area contributed by atoms with Crippen molar-refractivity contribution in [2.45, 2.75) is 109 Å². The number of aryl methyl sites for hydroxylation is 4. The highest BCUT2D eigenvalue weighted by Gasteiger charge is 2.37. The molecule has 9 rings (SSSR count). The number of unbranched alkanes of at least 4 members (excludes halogenated alkanes) is 2. The van der Waals surface area contributed by atoms with Crippen LogP contribution in [0.25, 0.3) is 11.1 Å². The molecule has 0 spiro atoms. The third-order valence-corrected chi connectivity index (χ3v) is 14.6. The summed E-state index contributed by atoms with van der Waals surface area (Å²) >= 11 is 2.81. The van der Waals surface area contributed by atoms with Crippen molar-refractivity contribution in [1.82, 2.24) is 40.8 Å². The van der Waals surface area contributed by atoms with Crippen molar-refractivity contribution < 1.29 is 33.4 Å². The van der Waals surface area contributed by atoms with Gasteiger partial charge in [0, 0.05) is 43.9 Å². The lowest BCUT2D eigenvalue weighted by Crippen LogP contribution is -2.35. The highest BCUT2D eigenvalue weighted by molar-refractivity contribution is 7.15. The van der Waals surface area contributed by atoms with E-state index in [1.165, 1.54) is 22.7 Å². The first kappa shape index (κ1) is 52.3. The molecule has 21 heteroatoms. The largest absolute Gasteiger partial charge is 0.408 e. The number of nitrogens with one attached hydrogen (secondary N) is 4. The zero-order chi connectivity index (χ0) is 51.8. The number of carbonyl (C=O) groups is 3. The first-order valence-electron chi connectivity index (χ1n) is 25.3. The van der Waals surface area contributed by atoms with E-state index in [0.29, 0.717) is 73.4 Å². The van der Waals surface area contributed by atoms with Gasteiger partial charge in [-0.2, -0.15) is 0 Å². The molecule has 4 heterocycles. The van der Waals surface area contributed by atoms with Crippen LogP contribution < -0.4 is 21.3 Å². The minimum Gasteiger partial charge on any atom is -0.408 e. The van der Waals surface area contributed by atoms with E-state index in [9.17, 15) is 24.6 Å². The zero-order valence-electron chi connectivity index (χ0n) is 41.1. The van der Waals surface area contributed by atoms with Crippen molar-refractivity contribution in [3.63, 3.8) is 0 Å². The summed E-state index contributed by atoms with van der Waals surface area (Å²) in [4.78, 5) is 39.3. The summed E-state index contributed by atoms with van der Waals surface area (Å²) in [6, 6.07) is 34.6. The predicted octanol–water partition coefficient (Wildman–Crippen LogP) is 8.77. The molecule has 19 nitrogen and oxygen atoms in total. The topological polar surface area (TPSA) is 269 Å². The normalized spacial score (nSPS) is 15.2. The number of hydrogen-bond donors (Lipinski definition) is 6. The van der Waals surface area contributed by atoms with Gasteiger partial charge in [-0.15, -0.1) is 30.6 Å². The number of aliphatic hydroxyl groups is 2. The third kappa shape index (κ3) is 15.5. The van der Waals surface area contributed by atoms with Crippen LogP contribution in [0.4, 0.5) is 22.3 Å². The van der Waals surface area contributed by atoms with Crippen LogP contribution >= 0.6 is 22.7 Å². The van der Waals surface area contributed by atoms with Gasteiger partial charge in [-0.3, -0.25) is 25.0 Å². The fourth-order valence-corrected chi connectivity index (χ4v) is 10.7. The van der Waals surface area contributed by atoms with E-state index >= 15 is 0 Å². The van der Waals surface area contributed by atoms with Gasteiger partial charge in [0.1, 0.15) is 16.2 Å². The van der Waals surface area contributed by atoms with Gasteiger partial charge in [0.05, 0.1) is 18.9 Å². The van der Waals surface area contributed by atoms with Gasteiger partial charge in [-0.05, 0) is 78.0 Å². The number of amides is 3. The molecule has 6 N–H and O–H groups in total. The molecular weight excluding hydrogens is 993 g/mol. The molecule has 1 fully saturated rings. The summed E-state index contributed by atoms with van der Waals surface area (Å²) in [6.45, 7) is 0. The SMILES string of the molecule is O=C(Cc1ccccc1)Nc1nnc(CCCCc2nnc(NC(=O)Cc3cccc(-c4cccc(C(O)C5CCCCC5C(=O)Nc5nnc(CCCCc6nnc(NC(O)Cc7ccccc7)s6)s5)c4)c3)o2)o1. The summed E-state index contributed by atoms with van der Waals surface area (Å²) in [5, 5.41) is 69.5. The Kier molecular flexibility index (Phi) is 18.2. The van der Waals surface area contributed by atoms with Crippen molar-refractivity contribution in [3.8, 4) is 11.1 Å². The number of aromatic nitrogens is 8. The summed E-state index contributed by atoms with van der Waals surface area (Å²) in [7, 11) is 0. The molecule has 388 valence electrons. The van der Waals surface area contributed by atoms with E-state index in [0.717, 1.165) is 75.5 Å². The number of nitrogens with zero attached hydrogens (tertiary/aromatic N) is 8. The van der Waals surface area contributed by atoms with Gasteiger partial charge >= 0.3 is 12.0 Å². The van der Waals surface area contributed by atoms with E-state index in [2.05, 4.69) is 62.1 Å². The van der Waals surface area contributed by atoms with Crippen LogP contribution in [-0.4, -0.2) is 75.0 Å². The fourth-order valence-electron chi connectivity index (χ4n) is 9.13. The summed E-state index contributed by atoms with van der Waals surface area (Å²) in [5.74, 6) is -0.632. The molecule has 0 radical (unpaired) electrons. The Bertz CT molecular complexity index is 3110. The zero-order valence-corrected chi connectivity index (χ0v) is 42.8. The minimum absolute atomic E-state index is 0.0119. The minimum atomic E-state index is -0.872. The smallest absolute Gasteiger partial charge is 0.322 e. The van der Waals surface area contributed by atoms with Crippen molar-refractivity contribution in [2.75, 3.05) is 21.3 Å². The molecule has 0 saturated heterocycles. The Morgan fingerprint density at radius 1 is 0.560 bits per heavy atom. The van der Waals surface area contributed by atoms with Crippen LogP contribution in [0.2, 0.25) is 0 Å². The quantitative estimate of drug-likeness (QED) is 0.0231. The van der Waals surface area contributed by atoms with Gasteiger partial charge in [0.25, 0.3) is 0 Å². The second-order valence-electron chi connectivity index (χ2n) is 18.5. The summed E-state index contributed by atoms with van der Waals surface area (Å²) in [5.41, 5.74) is 5.15. The first-order chi connectivity index (χ1) is 36.6. The van der Waals surface area contributed by atoms with Crippen LogP contribution in [-0.2, 0) is 59.3 Å². The van der Waals surface area contributed by atoms with E-state index in [4.69, 9.17) is 8.83 Å². The van der Waals surface area contributed by atoms with Gasteiger partial charge < -0.3 is 29.7 Å². The molecule has 4 unspecified atom stereocenters. The van der Waals surface area contributed by atoms with E-state index in [-0.39, 0.29) is 48.5 Å². The first-order valence-corrected chi connectivity index (χ1v) is 26.9. The second kappa shape index (κ2) is 26.1. The van der Waals surface area contributed by atoms with Crippen molar-refractivity contribution in [3.05, 3.63) is 153 Å². The fraction of sp³-hybridized carbons (Fsp3) is 0.352. The van der Waals surface area contributed by atoms with Crippen LogP contribution in [0, 0.1) is 11.8 Å². The monoisotopic (exact) mass is 1050 g/mol. The van der Waals surface area contributed by atoms with Crippen LogP contribution in [0.15, 0.2) is 118 Å². The Labute approximate surface area is 441 Å². The maximum atomic E-state index is 13.8. The molecule has 4 atom stereocenters. The summed E-state index contributed by atoms with van der Waals surface area (Å²) in [6.07, 6.45) is 7.82. The molecule has 1 saturated carbocycles. The number of aliphatic hydroxyl groups excluding tert-OH is 2. The lowest BCUT2D eigenvalue weighted by Gasteiger charge is -2.34. The third-order valence-electron chi connectivity index (χ3n) is 12.8. The molecule has 4 aromatic heterocycles. The molecule has 0 aliphatic heterocycles. The van der Waals surface area contributed by atoms with Crippen molar-refractivity contribution in [2.24, 2.45) is 11.8 Å². The molecule has 4 aromatic carbocycles. The molecule has 75 heavy (non-hydrogen) atoms. The standard InChI is InChI=1S/C54H58N12O7S2/c67-42(30-34-15-3-1-4-16-34)55-51-63-59-45(72-51)25-9-10-26-46-60-64-52(73-46)56-43(68)32-36-19-13-20-37(29-36)38-21-14-22-39(33-38)49(70)40-23-7-8-24-41(40)50(71)58-54-66-62-48(75-54)28-12-11-27-47-61-65-53(74-47)57-44(69)31-35-17-5-2-6-18-35/h1-6,13-22,29,33,40-41,44,49,69-70H,7-12,23-28,30-32H2,(H,57,65)(H,55,63,67)(H,56,64,68)(H,58,66,71). The Hall–Kier alpha value is -7.59. The highest BCUT2D eigenvalue weighted by atomic mass is 32.1. The van der Waals surface area contributed by atoms with Crippen molar-refractivity contribution >= 4 is 62.7 Å². The number of hydrogen-bond acceptors (Lipinski definition) is 18. The number of benzene rings is 4. The van der Waals surface area contributed by atoms with E-state index in [1.807, 2.05) is 109 Å². The highest BCUT2D eigenvalue weighted by Crippen LogP contribution is 2.40. The van der Waals surface area contributed by atoms with Crippen LogP contribution in [0.1, 0.15) is 102 Å². The average Bonchev–Trinajstić information content (AvgIpc) is 4.27.